The van der Waals surface area contributed by atoms with Crippen molar-refractivity contribution in [1.29, 1.82) is 0 Å². The van der Waals surface area contributed by atoms with Crippen LogP contribution in [0.1, 0.15) is 46.5 Å². The van der Waals surface area contributed by atoms with Crippen LogP contribution in [0.3, 0.4) is 0 Å². The number of hydrogen-bond donors (Lipinski definition) is 3. The highest BCUT2D eigenvalue weighted by molar-refractivity contribution is 5.81. The zero-order chi connectivity index (χ0) is 12.1. The first kappa shape index (κ1) is 13.5. The molecule has 94 valence electrons. The summed E-state index contributed by atoms with van der Waals surface area (Å²) in [5, 5.41) is 6.29. The van der Waals surface area contributed by atoms with Gasteiger partial charge in [0.2, 0.25) is 5.91 Å². The van der Waals surface area contributed by atoms with Crippen molar-refractivity contribution in [1.82, 2.24) is 10.6 Å². The van der Waals surface area contributed by atoms with Gasteiger partial charge in [-0.25, -0.2) is 0 Å². The van der Waals surface area contributed by atoms with Gasteiger partial charge >= 0.3 is 0 Å². The summed E-state index contributed by atoms with van der Waals surface area (Å²) in [6.45, 7) is 5.88. The van der Waals surface area contributed by atoms with Gasteiger partial charge in [-0.3, -0.25) is 4.79 Å². The van der Waals surface area contributed by atoms with Gasteiger partial charge in [0.25, 0.3) is 0 Å². The molecule has 0 aliphatic heterocycles. The molecule has 0 heterocycles. The third-order valence-corrected chi connectivity index (χ3v) is 3.08. The maximum atomic E-state index is 11.7. The van der Waals surface area contributed by atoms with Gasteiger partial charge in [0.15, 0.2) is 0 Å². The lowest BCUT2D eigenvalue weighted by molar-refractivity contribution is -0.123. The van der Waals surface area contributed by atoms with E-state index in [2.05, 4.69) is 10.6 Å². The van der Waals surface area contributed by atoms with E-state index in [1.165, 1.54) is 0 Å². The minimum atomic E-state index is -0.110. The highest BCUT2D eigenvalue weighted by atomic mass is 16.2. The zero-order valence-corrected chi connectivity index (χ0v) is 10.6. The average molecular weight is 227 g/mol. The number of nitrogens with one attached hydrogen (secondary N) is 2. The van der Waals surface area contributed by atoms with Gasteiger partial charge in [0.05, 0.1) is 6.04 Å². The molecule has 16 heavy (non-hydrogen) atoms. The number of carbonyl (C=O) groups is 1. The quantitative estimate of drug-likeness (QED) is 0.664. The predicted molar refractivity (Wildman–Crippen MR) is 66.1 cm³/mol. The van der Waals surface area contributed by atoms with Crippen molar-refractivity contribution >= 4 is 5.91 Å². The van der Waals surface area contributed by atoms with Crippen LogP contribution < -0.4 is 16.4 Å². The lowest BCUT2D eigenvalue weighted by Crippen LogP contribution is -2.49. The minimum Gasteiger partial charge on any atom is -0.353 e. The number of amides is 1. The smallest absolute Gasteiger partial charge is 0.237 e. The Balaban J connectivity index is 2.28. The number of nitrogens with two attached hydrogens (primary N) is 1. The fourth-order valence-corrected chi connectivity index (χ4v) is 2.12. The monoisotopic (exact) mass is 227 g/mol. The molecule has 1 aliphatic rings. The van der Waals surface area contributed by atoms with Gasteiger partial charge in [-0.05, 0) is 46.5 Å². The van der Waals surface area contributed by atoms with Gasteiger partial charge in [-0.15, -0.1) is 0 Å². The maximum absolute atomic E-state index is 11.7. The highest BCUT2D eigenvalue weighted by Crippen LogP contribution is 2.17. The lowest BCUT2D eigenvalue weighted by Gasteiger charge is -2.29. The summed E-state index contributed by atoms with van der Waals surface area (Å²) in [4.78, 5) is 11.7. The second kappa shape index (κ2) is 6.21. The lowest BCUT2D eigenvalue weighted by atomic mass is 9.91. The van der Waals surface area contributed by atoms with Crippen molar-refractivity contribution in [3.63, 3.8) is 0 Å². The summed E-state index contributed by atoms with van der Waals surface area (Å²) in [5.74, 6) is 0.0878. The fourth-order valence-electron chi connectivity index (χ4n) is 2.12. The molecule has 4 heteroatoms. The Bertz CT molecular complexity index is 222. The van der Waals surface area contributed by atoms with Crippen molar-refractivity contribution in [3.05, 3.63) is 0 Å². The normalized spacial score (nSPS) is 27.8. The van der Waals surface area contributed by atoms with E-state index >= 15 is 0 Å². The van der Waals surface area contributed by atoms with Gasteiger partial charge in [-0.2, -0.15) is 0 Å². The second-order valence-corrected chi connectivity index (χ2v) is 5.16. The Hall–Kier alpha value is -0.610. The first-order valence-electron chi connectivity index (χ1n) is 6.31. The van der Waals surface area contributed by atoms with Crippen molar-refractivity contribution < 1.29 is 4.79 Å². The van der Waals surface area contributed by atoms with Crippen LogP contribution in [0.15, 0.2) is 0 Å². The van der Waals surface area contributed by atoms with Crippen LogP contribution in [0.5, 0.6) is 0 Å². The van der Waals surface area contributed by atoms with Crippen LogP contribution in [-0.2, 0) is 4.79 Å². The molecule has 1 amide bonds. The molecule has 0 aromatic rings. The van der Waals surface area contributed by atoms with Crippen LogP contribution >= 0.6 is 0 Å². The van der Waals surface area contributed by atoms with Crippen LogP contribution in [0.25, 0.3) is 0 Å². The van der Waals surface area contributed by atoms with Crippen molar-refractivity contribution in [3.8, 4) is 0 Å². The standard InChI is InChI=1S/C12H25N3O/c1-8(2)14-12(16)9(3)15-11-6-4-10(13)5-7-11/h8-11,15H,4-7,13H2,1-3H3,(H,14,16). The summed E-state index contributed by atoms with van der Waals surface area (Å²) in [6.07, 6.45) is 4.30. The van der Waals surface area contributed by atoms with E-state index in [9.17, 15) is 4.79 Å². The van der Waals surface area contributed by atoms with Crippen molar-refractivity contribution in [2.75, 3.05) is 0 Å². The van der Waals surface area contributed by atoms with Crippen LogP contribution in [0.2, 0.25) is 0 Å². The van der Waals surface area contributed by atoms with Crippen LogP contribution in [0.4, 0.5) is 0 Å². The second-order valence-electron chi connectivity index (χ2n) is 5.16. The fraction of sp³-hybridized carbons (Fsp3) is 0.917. The molecule has 0 aromatic carbocycles. The summed E-state index contributed by atoms with van der Waals surface area (Å²) in [5.41, 5.74) is 5.85. The van der Waals surface area contributed by atoms with E-state index in [0.717, 1.165) is 25.7 Å². The highest BCUT2D eigenvalue weighted by Gasteiger charge is 2.22. The van der Waals surface area contributed by atoms with Crippen molar-refractivity contribution in [2.45, 2.75) is 70.6 Å². The molecule has 1 fully saturated rings. The van der Waals surface area contributed by atoms with E-state index in [1.54, 1.807) is 0 Å². The maximum Gasteiger partial charge on any atom is 0.237 e. The summed E-state index contributed by atoms with van der Waals surface area (Å²) in [7, 11) is 0. The van der Waals surface area contributed by atoms with Gasteiger partial charge in [0.1, 0.15) is 0 Å². The molecule has 0 radical (unpaired) electrons. The Labute approximate surface area is 98.3 Å². The summed E-state index contributed by atoms with van der Waals surface area (Å²) in [6, 6.07) is 0.906. The third kappa shape index (κ3) is 4.49. The van der Waals surface area contributed by atoms with E-state index in [1.807, 2.05) is 20.8 Å². The number of rotatable bonds is 4. The van der Waals surface area contributed by atoms with Crippen molar-refractivity contribution in [2.24, 2.45) is 5.73 Å². The first-order chi connectivity index (χ1) is 7.49. The Morgan fingerprint density at radius 1 is 1.19 bits per heavy atom. The molecular weight excluding hydrogens is 202 g/mol. The van der Waals surface area contributed by atoms with E-state index in [-0.39, 0.29) is 18.0 Å². The Kier molecular flexibility index (Phi) is 5.22. The van der Waals surface area contributed by atoms with E-state index < -0.39 is 0 Å². The molecule has 1 unspecified atom stereocenters. The molecule has 0 saturated heterocycles. The topological polar surface area (TPSA) is 67.2 Å². The van der Waals surface area contributed by atoms with Gasteiger partial charge in [0, 0.05) is 18.1 Å². The first-order valence-corrected chi connectivity index (χ1v) is 6.31. The molecule has 1 rings (SSSR count). The molecule has 1 saturated carbocycles. The largest absolute Gasteiger partial charge is 0.353 e. The molecule has 1 atom stereocenters. The van der Waals surface area contributed by atoms with Gasteiger partial charge in [-0.1, -0.05) is 0 Å². The molecule has 0 aromatic heterocycles. The molecule has 0 spiro atoms. The van der Waals surface area contributed by atoms with Gasteiger partial charge < -0.3 is 16.4 Å². The van der Waals surface area contributed by atoms with E-state index in [4.69, 9.17) is 5.73 Å². The summed E-state index contributed by atoms with van der Waals surface area (Å²) < 4.78 is 0. The molecule has 4 N–H and O–H groups in total. The molecule has 4 nitrogen and oxygen atoms in total. The number of carbonyl (C=O) groups excluding carboxylic acids is 1. The number of hydrogen-bond acceptors (Lipinski definition) is 3. The molecule has 1 aliphatic carbocycles. The predicted octanol–water partition coefficient (Wildman–Crippen LogP) is 0.759. The Morgan fingerprint density at radius 3 is 2.25 bits per heavy atom. The average Bonchev–Trinajstić information content (AvgIpc) is 2.20. The van der Waals surface area contributed by atoms with Crippen LogP contribution in [-0.4, -0.2) is 30.1 Å². The zero-order valence-electron chi connectivity index (χ0n) is 10.6. The summed E-state index contributed by atoms with van der Waals surface area (Å²) >= 11 is 0. The third-order valence-electron chi connectivity index (χ3n) is 3.08. The van der Waals surface area contributed by atoms with E-state index in [0.29, 0.717) is 12.1 Å². The minimum absolute atomic E-state index is 0.0878. The Morgan fingerprint density at radius 2 is 1.75 bits per heavy atom. The SMILES string of the molecule is CC(C)NC(=O)C(C)NC1CCC(N)CC1. The van der Waals surface area contributed by atoms with Crippen LogP contribution in [0, 0.1) is 0 Å². The molecular formula is C12H25N3O. The molecule has 0 bridgehead atoms.